The molecule has 1 aliphatic heterocycles. The zero-order valence-corrected chi connectivity index (χ0v) is 21.0. The van der Waals surface area contributed by atoms with E-state index in [0.29, 0.717) is 22.7 Å². The van der Waals surface area contributed by atoms with Crippen molar-refractivity contribution in [2.45, 2.75) is 32.0 Å². The van der Waals surface area contributed by atoms with E-state index >= 15 is 0 Å². The van der Waals surface area contributed by atoms with Crippen LogP contribution >= 0.6 is 11.8 Å². The number of ether oxygens (including phenoxy) is 1. The topological polar surface area (TPSA) is 93.5 Å². The number of para-hydroxylation sites is 3. The molecule has 0 aliphatic carbocycles. The number of piperidine rings is 1. The van der Waals surface area contributed by atoms with Crippen LogP contribution in [0.5, 0.6) is 0 Å². The van der Waals surface area contributed by atoms with E-state index < -0.39 is 5.97 Å². The zero-order chi connectivity index (χ0) is 24.9. The van der Waals surface area contributed by atoms with Crippen molar-refractivity contribution in [1.82, 2.24) is 14.5 Å². The van der Waals surface area contributed by atoms with Crippen molar-refractivity contribution in [3.8, 4) is 0 Å². The van der Waals surface area contributed by atoms with Gasteiger partial charge < -0.3 is 19.5 Å². The lowest BCUT2D eigenvalue weighted by Crippen LogP contribution is -2.44. The number of anilines is 1. The first-order valence-corrected chi connectivity index (χ1v) is 12.7. The molecule has 2 unspecified atom stereocenters. The highest BCUT2D eigenvalue weighted by molar-refractivity contribution is 7.99. The number of esters is 1. The number of imidazole rings is 1. The first-order valence-electron chi connectivity index (χ1n) is 11.7. The molecule has 2 amide bonds. The third-order valence-electron chi connectivity index (χ3n) is 6.07. The Morgan fingerprint density at radius 3 is 2.49 bits per heavy atom. The molecule has 0 saturated carbocycles. The Morgan fingerprint density at radius 2 is 1.74 bits per heavy atom. The molecule has 1 aromatic heterocycles. The van der Waals surface area contributed by atoms with Crippen LogP contribution in [0, 0.1) is 11.8 Å². The van der Waals surface area contributed by atoms with Crippen LogP contribution in [0.1, 0.15) is 30.6 Å². The molecule has 184 valence electrons. The summed E-state index contributed by atoms with van der Waals surface area (Å²) >= 11 is 1.26. The average molecular weight is 495 g/mol. The highest BCUT2D eigenvalue weighted by atomic mass is 32.2. The van der Waals surface area contributed by atoms with Gasteiger partial charge in [0, 0.05) is 13.1 Å². The zero-order valence-electron chi connectivity index (χ0n) is 20.2. The molecule has 1 aliphatic rings. The van der Waals surface area contributed by atoms with Gasteiger partial charge in [0.1, 0.15) is 6.54 Å². The number of amides is 2. The summed E-state index contributed by atoms with van der Waals surface area (Å²) in [5.41, 5.74) is 2.32. The number of nitrogens with one attached hydrogen (secondary N) is 1. The molecule has 1 saturated heterocycles. The van der Waals surface area contributed by atoms with Gasteiger partial charge in [-0.2, -0.15) is 0 Å². The number of aromatic nitrogens is 2. The van der Waals surface area contributed by atoms with E-state index in [-0.39, 0.29) is 29.7 Å². The number of likely N-dealkylation sites (tertiary alicyclic amines) is 1. The summed E-state index contributed by atoms with van der Waals surface area (Å²) in [6.45, 7) is 6.07. The molecule has 2 atom stereocenters. The number of thioether (sulfide) groups is 1. The van der Waals surface area contributed by atoms with Crippen LogP contribution in [0.2, 0.25) is 0 Å². The maximum atomic E-state index is 13.2. The molecule has 1 fully saturated rings. The van der Waals surface area contributed by atoms with Crippen molar-refractivity contribution < 1.29 is 19.1 Å². The van der Waals surface area contributed by atoms with Crippen molar-refractivity contribution in [2.75, 3.05) is 31.3 Å². The quantitative estimate of drug-likeness (QED) is 0.393. The van der Waals surface area contributed by atoms with E-state index in [1.807, 2.05) is 33.7 Å². The molecular formula is C26H30N4O4S. The fourth-order valence-electron chi connectivity index (χ4n) is 4.61. The smallest absolute Gasteiger partial charge is 0.339 e. The number of methoxy groups -OCH3 is 1. The molecule has 0 radical (unpaired) electrons. The van der Waals surface area contributed by atoms with Gasteiger partial charge in [-0.3, -0.25) is 9.59 Å². The van der Waals surface area contributed by atoms with E-state index in [1.165, 1.54) is 18.9 Å². The Bertz CT molecular complexity index is 1230. The molecule has 2 aromatic carbocycles. The lowest BCUT2D eigenvalue weighted by atomic mass is 9.92. The van der Waals surface area contributed by atoms with Crippen LogP contribution in [0.25, 0.3) is 11.0 Å². The maximum Gasteiger partial charge on any atom is 0.339 e. The fourth-order valence-corrected chi connectivity index (χ4v) is 5.43. The van der Waals surface area contributed by atoms with Gasteiger partial charge in [0.2, 0.25) is 11.8 Å². The second-order valence-corrected chi connectivity index (χ2v) is 10.0. The molecule has 35 heavy (non-hydrogen) atoms. The standard InChI is InChI=1S/C26H30N4O4S/c1-17-12-18(2)14-29(13-17)24(32)15-30-22-11-7-6-10-21(22)28-26(30)35-16-23(31)27-20-9-5-4-8-19(20)25(33)34-3/h4-11,17-18H,12-16H2,1-3H3,(H,27,31). The Hall–Kier alpha value is -3.33. The molecule has 9 heteroatoms. The molecule has 1 N–H and O–H groups in total. The van der Waals surface area contributed by atoms with Gasteiger partial charge in [-0.1, -0.05) is 49.9 Å². The van der Waals surface area contributed by atoms with Gasteiger partial charge >= 0.3 is 5.97 Å². The van der Waals surface area contributed by atoms with Crippen LogP contribution in [0.3, 0.4) is 0 Å². The predicted molar refractivity (Wildman–Crippen MR) is 136 cm³/mol. The summed E-state index contributed by atoms with van der Waals surface area (Å²) in [4.78, 5) is 44.5. The Morgan fingerprint density at radius 1 is 1.06 bits per heavy atom. The first-order chi connectivity index (χ1) is 16.9. The van der Waals surface area contributed by atoms with Gasteiger partial charge in [0.05, 0.1) is 35.1 Å². The van der Waals surface area contributed by atoms with Gasteiger partial charge in [0.15, 0.2) is 5.16 Å². The summed E-state index contributed by atoms with van der Waals surface area (Å²) in [5.74, 6) is 0.292. The normalized spacial score (nSPS) is 17.9. The van der Waals surface area contributed by atoms with E-state index in [0.717, 1.165) is 30.5 Å². The first kappa shape index (κ1) is 24.8. The molecule has 2 heterocycles. The molecule has 3 aromatic rings. The second-order valence-electron chi connectivity index (χ2n) is 9.09. The molecule has 0 bridgehead atoms. The summed E-state index contributed by atoms with van der Waals surface area (Å²) in [5, 5.41) is 3.38. The Kier molecular flexibility index (Phi) is 7.75. The van der Waals surface area contributed by atoms with E-state index in [9.17, 15) is 14.4 Å². The third kappa shape index (κ3) is 5.85. The van der Waals surface area contributed by atoms with E-state index in [4.69, 9.17) is 4.74 Å². The van der Waals surface area contributed by atoms with Crippen molar-refractivity contribution in [3.63, 3.8) is 0 Å². The van der Waals surface area contributed by atoms with E-state index in [2.05, 4.69) is 24.1 Å². The van der Waals surface area contributed by atoms with E-state index in [1.54, 1.807) is 24.3 Å². The molecule has 8 nitrogen and oxygen atoms in total. The van der Waals surface area contributed by atoms with Gasteiger partial charge in [-0.05, 0) is 42.5 Å². The minimum atomic E-state index is -0.518. The fraction of sp³-hybridized carbons (Fsp3) is 0.385. The minimum absolute atomic E-state index is 0.0601. The van der Waals surface area contributed by atoms with Crippen LogP contribution in [0.15, 0.2) is 53.7 Å². The SMILES string of the molecule is COC(=O)c1ccccc1NC(=O)CSc1nc2ccccc2n1CC(=O)N1CC(C)CC(C)C1. The molecule has 4 rings (SSSR count). The average Bonchev–Trinajstić information content (AvgIpc) is 3.19. The third-order valence-corrected chi connectivity index (χ3v) is 7.05. The number of nitrogens with zero attached hydrogens (tertiary/aromatic N) is 3. The highest BCUT2D eigenvalue weighted by Crippen LogP contribution is 2.26. The van der Waals surface area contributed by atoms with Crippen LogP contribution in [0.4, 0.5) is 5.69 Å². The number of fused-ring (bicyclic) bond motifs is 1. The predicted octanol–water partition coefficient (Wildman–Crippen LogP) is 4.06. The van der Waals surface area contributed by atoms with Crippen LogP contribution in [-0.4, -0.2) is 58.2 Å². The summed E-state index contributed by atoms with van der Waals surface area (Å²) < 4.78 is 6.68. The summed E-state index contributed by atoms with van der Waals surface area (Å²) in [6.07, 6.45) is 1.13. The van der Waals surface area contributed by atoms with Gasteiger partial charge in [-0.25, -0.2) is 9.78 Å². The lowest BCUT2D eigenvalue weighted by Gasteiger charge is -2.35. The number of hydrogen-bond donors (Lipinski definition) is 1. The van der Waals surface area contributed by atoms with Crippen LogP contribution in [-0.2, 0) is 20.9 Å². The lowest BCUT2D eigenvalue weighted by molar-refractivity contribution is -0.134. The number of rotatable bonds is 7. The highest BCUT2D eigenvalue weighted by Gasteiger charge is 2.26. The van der Waals surface area contributed by atoms with Crippen molar-refractivity contribution >= 4 is 46.3 Å². The number of hydrogen-bond acceptors (Lipinski definition) is 6. The largest absolute Gasteiger partial charge is 0.465 e. The van der Waals surface area contributed by atoms with Crippen LogP contribution < -0.4 is 5.32 Å². The second kappa shape index (κ2) is 10.9. The maximum absolute atomic E-state index is 13.2. The Labute approximate surface area is 209 Å². The number of carbonyl (C=O) groups is 3. The number of carbonyl (C=O) groups excluding carboxylic acids is 3. The Balaban J connectivity index is 1.49. The molecule has 0 spiro atoms. The molecular weight excluding hydrogens is 464 g/mol. The van der Waals surface area contributed by atoms with Crippen molar-refractivity contribution in [1.29, 1.82) is 0 Å². The monoisotopic (exact) mass is 494 g/mol. The van der Waals surface area contributed by atoms with Crippen molar-refractivity contribution in [2.24, 2.45) is 11.8 Å². The van der Waals surface area contributed by atoms with Gasteiger partial charge in [0.25, 0.3) is 0 Å². The van der Waals surface area contributed by atoms with Gasteiger partial charge in [-0.15, -0.1) is 0 Å². The summed E-state index contributed by atoms with van der Waals surface area (Å²) in [7, 11) is 1.30. The number of benzene rings is 2. The van der Waals surface area contributed by atoms with Crippen molar-refractivity contribution in [3.05, 3.63) is 54.1 Å². The minimum Gasteiger partial charge on any atom is -0.465 e. The summed E-state index contributed by atoms with van der Waals surface area (Å²) in [6, 6.07) is 14.4.